The Bertz CT molecular complexity index is 134. The number of alkyl halides is 1. The van der Waals surface area contributed by atoms with Gasteiger partial charge >= 0.3 is 0 Å². The molecule has 1 aliphatic heterocycles. The van der Waals surface area contributed by atoms with Crippen LogP contribution >= 0.6 is 23.2 Å². The van der Waals surface area contributed by atoms with Crippen molar-refractivity contribution < 1.29 is 4.43 Å². The highest BCUT2D eigenvalue weighted by atomic mass is 35.5. The fourth-order valence-electron chi connectivity index (χ4n) is 1.21. The van der Waals surface area contributed by atoms with Gasteiger partial charge in [-0.1, -0.05) is 24.1 Å². The predicted molar refractivity (Wildman–Crippen MR) is 51.8 cm³/mol. The number of allylic oxidation sites excluding steroid dienone is 1. The third-order valence-electron chi connectivity index (χ3n) is 1.83. The molecule has 0 aliphatic carbocycles. The van der Waals surface area contributed by atoms with E-state index in [-0.39, 0.29) is 5.00 Å². The van der Waals surface area contributed by atoms with Gasteiger partial charge in [-0.2, -0.15) is 0 Å². The van der Waals surface area contributed by atoms with E-state index in [0.29, 0.717) is 0 Å². The van der Waals surface area contributed by atoms with Gasteiger partial charge in [0.05, 0.1) is 5.00 Å². The predicted octanol–water partition coefficient (Wildman–Crippen LogP) is 2.42. The van der Waals surface area contributed by atoms with Crippen molar-refractivity contribution in [2.24, 2.45) is 0 Å². The molecule has 1 rings (SSSR count). The Morgan fingerprint density at radius 1 is 1.45 bits per heavy atom. The van der Waals surface area contributed by atoms with E-state index in [4.69, 9.17) is 27.6 Å². The van der Waals surface area contributed by atoms with E-state index < -0.39 is 9.04 Å². The Balaban J connectivity index is 2.32. The summed E-state index contributed by atoms with van der Waals surface area (Å²) in [4.78, 5) is 0. The van der Waals surface area contributed by atoms with Gasteiger partial charge < -0.3 is 4.43 Å². The van der Waals surface area contributed by atoms with Crippen LogP contribution in [0.5, 0.6) is 0 Å². The van der Waals surface area contributed by atoms with Crippen molar-refractivity contribution in [2.45, 2.75) is 23.9 Å². The van der Waals surface area contributed by atoms with E-state index in [1.165, 1.54) is 24.4 Å². The minimum absolute atomic E-state index is 0.0767. The molecule has 0 aromatic carbocycles. The summed E-state index contributed by atoms with van der Waals surface area (Å²) < 4.78 is 5.59. The Morgan fingerprint density at radius 3 is 2.82 bits per heavy atom. The van der Waals surface area contributed by atoms with Gasteiger partial charge in [0.1, 0.15) is 0 Å². The molecule has 0 bridgehead atoms. The van der Waals surface area contributed by atoms with Crippen LogP contribution in [0.15, 0.2) is 11.6 Å². The second-order valence-electron chi connectivity index (χ2n) is 2.67. The van der Waals surface area contributed by atoms with Crippen molar-refractivity contribution >= 4 is 32.2 Å². The molecule has 0 spiro atoms. The number of hydrogen-bond acceptors (Lipinski definition) is 1. The molecule has 0 aromatic rings. The van der Waals surface area contributed by atoms with Crippen molar-refractivity contribution in [3.8, 4) is 0 Å². The van der Waals surface area contributed by atoms with Crippen molar-refractivity contribution in [1.82, 2.24) is 0 Å². The highest BCUT2D eigenvalue weighted by molar-refractivity contribution is 6.65. The Hall–Kier alpha value is 0.497. The molecule has 1 saturated heterocycles. The topological polar surface area (TPSA) is 9.23 Å². The summed E-state index contributed by atoms with van der Waals surface area (Å²) in [7, 11) is -1.14. The molecule has 0 amide bonds. The molecule has 0 radical (unpaired) electrons. The second-order valence-corrected chi connectivity index (χ2v) is 6.55. The summed E-state index contributed by atoms with van der Waals surface area (Å²) in [6.45, 7) is 0.899. The first-order valence-electron chi connectivity index (χ1n) is 3.87. The lowest BCUT2D eigenvalue weighted by atomic mass is 10.4. The molecule has 64 valence electrons. The van der Waals surface area contributed by atoms with Crippen LogP contribution in [-0.2, 0) is 4.43 Å². The van der Waals surface area contributed by atoms with Crippen LogP contribution in [0.4, 0.5) is 0 Å². The fourth-order valence-corrected chi connectivity index (χ4v) is 4.44. The zero-order valence-electron chi connectivity index (χ0n) is 6.30. The maximum atomic E-state index is 6.03. The van der Waals surface area contributed by atoms with Gasteiger partial charge in [-0.15, -0.1) is 11.6 Å². The first-order valence-corrected chi connectivity index (χ1v) is 6.70. The van der Waals surface area contributed by atoms with Gasteiger partial charge in [0.15, 0.2) is 9.04 Å². The molecule has 1 nitrogen and oxygen atoms in total. The molecule has 1 heterocycles. The summed E-state index contributed by atoms with van der Waals surface area (Å²) in [6.07, 6.45) is 4.29. The van der Waals surface area contributed by atoms with Crippen LogP contribution in [0, 0.1) is 0 Å². The van der Waals surface area contributed by atoms with E-state index in [1.54, 1.807) is 0 Å². The molecule has 2 atom stereocenters. The van der Waals surface area contributed by atoms with Gasteiger partial charge in [-0.25, -0.2) is 0 Å². The van der Waals surface area contributed by atoms with E-state index >= 15 is 0 Å². The van der Waals surface area contributed by atoms with Crippen molar-refractivity contribution in [2.75, 3.05) is 6.61 Å². The number of hydrogen-bond donors (Lipinski definition) is 0. The molecule has 11 heavy (non-hydrogen) atoms. The zero-order chi connectivity index (χ0) is 8.10. The van der Waals surface area contributed by atoms with Crippen LogP contribution < -0.4 is 0 Å². The van der Waals surface area contributed by atoms with Crippen LogP contribution in [0.3, 0.4) is 0 Å². The molecular formula is C7H12Cl2OSi. The molecule has 0 saturated carbocycles. The summed E-state index contributed by atoms with van der Waals surface area (Å²) in [5.41, 5.74) is 1.49. The minimum atomic E-state index is -1.14. The van der Waals surface area contributed by atoms with Gasteiger partial charge in [0.25, 0.3) is 0 Å². The van der Waals surface area contributed by atoms with E-state index in [2.05, 4.69) is 0 Å². The Kier molecular flexibility index (Phi) is 4.53. The van der Waals surface area contributed by atoms with Crippen molar-refractivity contribution in [1.29, 1.82) is 0 Å². The third kappa shape index (κ3) is 3.16. The first kappa shape index (κ1) is 9.58. The lowest BCUT2D eigenvalue weighted by Crippen LogP contribution is -2.32. The maximum absolute atomic E-state index is 6.03. The minimum Gasteiger partial charge on any atom is -0.418 e. The molecule has 0 N–H and O–H groups in total. The molecular weight excluding hydrogens is 199 g/mol. The highest BCUT2D eigenvalue weighted by Crippen LogP contribution is 2.17. The quantitative estimate of drug-likeness (QED) is 0.503. The molecule has 4 heteroatoms. The van der Waals surface area contributed by atoms with Crippen molar-refractivity contribution in [3.63, 3.8) is 0 Å². The standard InChI is InChI=1S/C7H12Cl2OSi/c8-4-3-7(9)11-6-2-1-5-10-11/h3-4,7,11H,1-2,5-6H2. The van der Waals surface area contributed by atoms with E-state index in [9.17, 15) is 0 Å². The summed E-state index contributed by atoms with van der Waals surface area (Å²) >= 11 is 11.4. The molecule has 2 unspecified atom stereocenters. The third-order valence-corrected chi connectivity index (χ3v) is 5.53. The van der Waals surface area contributed by atoms with Gasteiger partial charge in [0.2, 0.25) is 0 Å². The van der Waals surface area contributed by atoms with Gasteiger partial charge in [-0.05, 0) is 12.5 Å². The summed E-state index contributed by atoms with van der Waals surface area (Å²) in [5, 5.41) is 0.0767. The second kappa shape index (κ2) is 5.20. The van der Waals surface area contributed by atoms with Crippen LogP contribution in [-0.4, -0.2) is 20.6 Å². The number of rotatable bonds is 2. The van der Waals surface area contributed by atoms with Crippen LogP contribution in [0.1, 0.15) is 12.8 Å². The molecule has 1 fully saturated rings. The van der Waals surface area contributed by atoms with Crippen molar-refractivity contribution in [3.05, 3.63) is 11.6 Å². The van der Waals surface area contributed by atoms with Crippen LogP contribution in [0.2, 0.25) is 6.04 Å². The van der Waals surface area contributed by atoms with Crippen LogP contribution in [0.25, 0.3) is 0 Å². The van der Waals surface area contributed by atoms with E-state index in [0.717, 1.165) is 6.61 Å². The Morgan fingerprint density at radius 2 is 2.27 bits per heavy atom. The first-order chi connectivity index (χ1) is 5.34. The number of halogens is 2. The largest absolute Gasteiger partial charge is 0.418 e. The Labute approximate surface area is 79.1 Å². The molecule has 1 aliphatic rings. The SMILES string of the molecule is ClC=CC(Cl)[SiH]1CCCCO1. The zero-order valence-corrected chi connectivity index (χ0v) is 8.97. The summed E-state index contributed by atoms with van der Waals surface area (Å²) in [5.74, 6) is 0. The smallest absolute Gasteiger partial charge is 0.198 e. The normalized spacial score (nSPS) is 29.1. The maximum Gasteiger partial charge on any atom is 0.198 e. The molecule has 0 aromatic heterocycles. The fraction of sp³-hybridized carbons (Fsp3) is 0.714. The lowest BCUT2D eigenvalue weighted by molar-refractivity contribution is 0.287. The average molecular weight is 211 g/mol. The summed E-state index contributed by atoms with van der Waals surface area (Å²) in [6, 6.07) is 1.19. The lowest BCUT2D eigenvalue weighted by Gasteiger charge is -2.22. The average Bonchev–Trinajstić information content (AvgIpc) is 2.07. The van der Waals surface area contributed by atoms with E-state index in [1.807, 2.05) is 6.08 Å². The highest BCUT2D eigenvalue weighted by Gasteiger charge is 2.22. The monoisotopic (exact) mass is 210 g/mol. The van der Waals surface area contributed by atoms with Gasteiger partial charge in [0, 0.05) is 12.1 Å². The van der Waals surface area contributed by atoms with Gasteiger partial charge in [-0.3, -0.25) is 0 Å².